The van der Waals surface area contributed by atoms with Crippen molar-refractivity contribution in [1.82, 2.24) is 0 Å². The van der Waals surface area contributed by atoms with E-state index in [2.05, 4.69) is 0 Å². The van der Waals surface area contributed by atoms with Crippen molar-refractivity contribution in [3.63, 3.8) is 0 Å². The number of carbonyl (C=O) groups excluding carboxylic acids is 2. The quantitative estimate of drug-likeness (QED) is 0.302. The summed E-state index contributed by atoms with van der Waals surface area (Å²) in [4.78, 5) is 24.5. The summed E-state index contributed by atoms with van der Waals surface area (Å²) >= 11 is 4.37. The molecule has 0 heterocycles. The highest BCUT2D eigenvalue weighted by Gasteiger charge is 2.27. The van der Waals surface area contributed by atoms with E-state index in [0.29, 0.717) is 25.6 Å². The van der Waals surface area contributed by atoms with Crippen LogP contribution in [-0.2, 0) is 20.8 Å². The summed E-state index contributed by atoms with van der Waals surface area (Å²) in [5.74, 6) is -0.847. The number of rotatable bonds is 6. The van der Waals surface area contributed by atoms with Gasteiger partial charge in [0.15, 0.2) is 21.3 Å². The molecule has 0 aromatic heterocycles. The largest absolute Gasteiger partial charge is 0.606 e. The molecule has 1 atom stereocenters. The number of benzene rings is 3. The predicted molar refractivity (Wildman–Crippen MR) is 116 cm³/mol. The molecule has 1 unspecified atom stereocenters. The van der Waals surface area contributed by atoms with Gasteiger partial charge in [0, 0.05) is 46.9 Å². The van der Waals surface area contributed by atoms with Gasteiger partial charge in [0.25, 0.3) is 0 Å². The predicted octanol–water partition coefficient (Wildman–Crippen LogP) is 4.53. The third-order valence-corrected chi connectivity index (χ3v) is 5.87. The van der Waals surface area contributed by atoms with Gasteiger partial charge in [0.2, 0.25) is 11.5 Å². The van der Waals surface area contributed by atoms with Crippen LogP contribution in [0.1, 0.15) is 13.8 Å². The van der Waals surface area contributed by atoms with Crippen LogP contribution >= 0.6 is 11.6 Å². The molecular formula is C22H19ClO7S. The van der Waals surface area contributed by atoms with Crippen molar-refractivity contribution < 1.29 is 33.1 Å². The molecule has 3 rings (SSSR count). The van der Waals surface area contributed by atoms with E-state index < -0.39 is 23.1 Å². The van der Waals surface area contributed by atoms with Crippen LogP contribution in [0.5, 0.6) is 23.0 Å². The lowest BCUT2D eigenvalue weighted by Crippen LogP contribution is -2.09. The lowest BCUT2D eigenvalue weighted by molar-refractivity contribution is -0.133. The molecule has 7 nitrogen and oxygen atoms in total. The number of esters is 2. The van der Waals surface area contributed by atoms with Gasteiger partial charge in [-0.1, -0.05) is 11.6 Å². The Morgan fingerprint density at radius 2 is 1.26 bits per heavy atom. The Labute approximate surface area is 187 Å². The van der Waals surface area contributed by atoms with E-state index in [1.165, 1.54) is 28.1 Å². The third kappa shape index (κ3) is 4.71. The minimum Gasteiger partial charge on any atom is -0.606 e. The van der Waals surface area contributed by atoms with Crippen molar-refractivity contribution in [2.45, 2.75) is 23.6 Å². The zero-order valence-electron chi connectivity index (χ0n) is 17.2. The Balaban J connectivity index is 2.30. The van der Waals surface area contributed by atoms with Crippen molar-refractivity contribution in [3.8, 4) is 23.0 Å². The molecule has 0 amide bonds. The maximum Gasteiger partial charge on any atom is 0.308 e. The second-order valence-electron chi connectivity index (χ2n) is 6.34. The van der Waals surface area contributed by atoms with E-state index in [1.54, 1.807) is 42.5 Å². The second-order valence-corrected chi connectivity index (χ2v) is 8.26. The molecule has 0 saturated carbocycles. The van der Waals surface area contributed by atoms with E-state index in [4.69, 9.17) is 30.5 Å². The van der Waals surface area contributed by atoms with Crippen molar-refractivity contribution >= 4 is 45.5 Å². The molecule has 0 spiro atoms. The van der Waals surface area contributed by atoms with Gasteiger partial charge in [-0.2, -0.15) is 0 Å². The average molecular weight is 463 g/mol. The fraction of sp³-hybridized carbons (Fsp3) is 0.182. The first-order valence-electron chi connectivity index (χ1n) is 9.02. The van der Waals surface area contributed by atoms with Crippen LogP contribution in [0.25, 0.3) is 10.8 Å². The summed E-state index contributed by atoms with van der Waals surface area (Å²) in [5.41, 5.74) is 0. The summed E-state index contributed by atoms with van der Waals surface area (Å²) in [6.07, 6.45) is 0. The molecule has 0 aliphatic carbocycles. The zero-order valence-corrected chi connectivity index (χ0v) is 18.8. The molecule has 3 aromatic carbocycles. The molecule has 0 fully saturated rings. The van der Waals surface area contributed by atoms with Crippen LogP contribution in [0.15, 0.2) is 52.3 Å². The number of methoxy groups -OCH3 is 2. The Morgan fingerprint density at radius 1 is 0.774 bits per heavy atom. The highest BCUT2D eigenvalue weighted by Crippen LogP contribution is 2.51. The Kier molecular flexibility index (Phi) is 6.94. The summed E-state index contributed by atoms with van der Waals surface area (Å²) < 4.78 is 34.7. The minimum atomic E-state index is -1.54. The zero-order chi connectivity index (χ0) is 22.7. The molecule has 9 heteroatoms. The second kappa shape index (κ2) is 9.47. The van der Waals surface area contributed by atoms with Gasteiger partial charge in [0.05, 0.1) is 14.2 Å². The number of ether oxygens (including phenoxy) is 4. The highest BCUT2D eigenvalue weighted by atomic mass is 35.5. The molecule has 31 heavy (non-hydrogen) atoms. The van der Waals surface area contributed by atoms with E-state index >= 15 is 0 Å². The fourth-order valence-electron chi connectivity index (χ4n) is 3.03. The molecule has 0 N–H and O–H groups in total. The number of carbonyl (C=O) groups is 2. The summed E-state index contributed by atoms with van der Waals surface area (Å²) in [5, 5.41) is 1.31. The topological polar surface area (TPSA) is 94.1 Å². The number of halogens is 1. The van der Waals surface area contributed by atoms with Crippen LogP contribution in [0.3, 0.4) is 0 Å². The number of fused-ring (bicyclic) bond motifs is 1. The van der Waals surface area contributed by atoms with Crippen molar-refractivity contribution in [2.24, 2.45) is 0 Å². The average Bonchev–Trinajstić information content (AvgIpc) is 2.74. The van der Waals surface area contributed by atoms with Crippen LogP contribution < -0.4 is 18.9 Å². The van der Waals surface area contributed by atoms with Crippen molar-refractivity contribution in [2.75, 3.05) is 14.2 Å². The number of hydrogen-bond acceptors (Lipinski definition) is 7. The van der Waals surface area contributed by atoms with Crippen LogP contribution in [0.4, 0.5) is 0 Å². The van der Waals surface area contributed by atoms with Gasteiger partial charge >= 0.3 is 11.9 Å². The minimum absolute atomic E-state index is 0.0627. The lowest BCUT2D eigenvalue weighted by Gasteiger charge is -2.19. The van der Waals surface area contributed by atoms with Gasteiger partial charge < -0.3 is 23.5 Å². The normalized spacial score (nSPS) is 11.7. The SMILES string of the molecule is COc1c(OC)c(OC(C)=O)c2cc([S+]([O-])c3ccc(Cl)cc3)ccc2c1OC(C)=O. The first-order valence-corrected chi connectivity index (χ1v) is 10.6. The molecule has 0 aliphatic heterocycles. The molecule has 0 saturated heterocycles. The fourth-order valence-corrected chi connectivity index (χ4v) is 4.23. The molecule has 3 aromatic rings. The first-order chi connectivity index (χ1) is 14.8. The Hall–Kier alpha value is -2.94. The number of hydrogen-bond donors (Lipinski definition) is 0. The third-order valence-electron chi connectivity index (χ3n) is 4.24. The smallest absolute Gasteiger partial charge is 0.308 e. The Bertz CT molecular complexity index is 1150. The maximum atomic E-state index is 13.1. The standard InChI is InChI=1S/C22H19ClO7S/c1-12(24)29-19-17-10-9-16(31(26)15-7-5-14(23)6-8-15)11-18(17)20(30-13(2)25)22(28-4)21(19)27-3/h5-11H,1-4H3. The van der Waals surface area contributed by atoms with Gasteiger partial charge in [-0.05, 0) is 36.4 Å². The monoisotopic (exact) mass is 462 g/mol. The highest BCUT2D eigenvalue weighted by molar-refractivity contribution is 7.91. The molecule has 0 aliphatic rings. The van der Waals surface area contributed by atoms with Crippen LogP contribution in [-0.4, -0.2) is 30.7 Å². The molecule has 0 bridgehead atoms. The van der Waals surface area contributed by atoms with Crippen LogP contribution in [0, 0.1) is 0 Å². The van der Waals surface area contributed by atoms with Gasteiger partial charge in [0.1, 0.15) is 0 Å². The van der Waals surface area contributed by atoms with E-state index in [1.807, 2.05) is 0 Å². The van der Waals surface area contributed by atoms with E-state index in [0.717, 1.165) is 0 Å². The molecular weight excluding hydrogens is 444 g/mol. The van der Waals surface area contributed by atoms with Crippen molar-refractivity contribution in [1.29, 1.82) is 0 Å². The van der Waals surface area contributed by atoms with Crippen molar-refractivity contribution in [3.05, 3.63) is 47.5 Å². The van der Waals surface area contributed by atoms with E-state index in [9.17, 15) is 14.1 Å². The molecule has 0 radical (unpaired) electrons. The lowest BCUT2D eigenvalue weighted by atomic mass is 10.1. The van der Waals surface area contributed by atoms with Gasteiger partial charge in [-0.3, -0.25) is 9.59 Å². The van der Waals surface area contributed by atoms with E-state index in [-0.39, 0.29) is 23.0 Å². The molecule has 162 valence electrons. The van der Waals surface area contributed by atoms with Crippen LogP contribution in [0.2, 0.25) is 5.02 Å². The Morgan fingerprint density at radius 3 is 1.74 bits per heavy atom. The summed E-state index contributed by atoms with van der Waals surface area (Å²) in [6, 6.07) is 11.4. The summed E-state index contributed by atoms with van der Waals surface area (Å²) in [6.45, 7) is 2.50. The summed E-state index contributed by atoms with van der Waals surface area (Å²) in [7, 11) is 2.74. The maximum absolute atomic E-state index is 13.1. The first kappa shape index (κ1) is 22.7. The van der Waals surface area contributed by atoms with Gasteiger partial charge in [-0.15, -0.1) is 0 Å². The van der Waals surface area contributed by atoms with Gasteiger partial charge in [-0.25, -0.2) is 0 Å².